The maximum absolute atomic E-state index is 12.9. The molecule has 5 nitrogen and oxygen atoms in total. The van der Waals surface area contributed by atoms with Crippen molar-refractivity contribution in [3.05, 3.63) is 71.8 Å². The van der Waals surface area contributed by atoms with Gasteiger partial charge in [-0.15, -0.1) is 12.4 Å². The van der Waals surface area contributed by atoms with Crippen molar-refractivity contribution >= 4 is 35.0 Å². The molecule has 1 aliphatic heterocycles. The van der Waals surface area contributed by atoms with E-state index in [1.54, 1.807) is 12.1 Å². The molecule has 1 fully saturated rings. The zero-order chi connectivity index (χ0) is 20.9. The Balaban J connectivity index is 0.00000272. The molecular formula is C25H28ClN3O2. The summed E-state index contributed by atoms with van der Waals surface area (Å²) in [4.78, 5) is 24.2. The van der Waals surface area contributed by atoms with E-state index in [1.807, 2.05) is 48.5 Å². The van der Waals surface area contributed by atoms with E-state index >= 15 is 0 Å². The number of hydrogen-bond acceptors (Lipinski definition) is 3. The molecule has 6 heteroatoms. The molecule has 0 bridgehead atoms. The van der Waals surface area contributed by atoms with Crippen molar-refractivity contribution in [2.24, 2.45) is 5.73 Å². The Morgan fingerprint density at radius 1 is 0.968 bits per heavy atom. The van der Waals surface area contributed by atoms with Gasteiger partial charge in [0.15, 0.2) is 0 Å². The van der Waals surface area contributed by atoms with Crippen molar-refractivity contribution in [2.75, 3.05) is 13.1 Å². The summed E-state index contributed by atoms with van der Waals surface area (Å²) in [7, 11) is 0. The highest BCUT2D eigenvalue weighted by atomic mass is 35.5. The van der Waals surface area contributed by atoms with Gasteiger partial charge in [-0.25, -0.2) is 0 Å². The van der Waals surface area contributed by atoms with Gasteiger partial charge in [0.2, 0.25) is 5.91 Å². The number of nitrogens with two attached hydrogens (primary N) is 1. The third kappa shape index (κ3) is 5.24. The number of piperidine rings is 1. The van der Waals surface area contributed by atoms with E-state index in [1.165, 1.54) is 19.3 Å². The number of primary amides is 1. The summed E-state index contributed by atoms with van der Waals surface area (Å²) >= 11 is 0. The lowest BCUT2D eigenvalue weighted by Crippen LogP contribution is -2.37. The Bertz CT molecular complexity index is 1060. The smallest absolute Gasteiger partial charge is 0.251 e. The van der Waals surface area contributed by atoms with Gasteiger partial charge in [-0.05, 0) is 65.9 Å². The largest absolute Gasteiger partial charge is 0.366 e. The number of nitrogens with one attached hydrogen (secondary N) is 2. The summed E-state index contributed by atoms with van der Waals surface area (Å²) < 4.78 is 0. The van der Waals surface area contributed by atoms with Crippen molar-refractivity contribution in [3.8, 4) is 11.1 Å². The van der Waals surface area contributed by atoms with E-state index in [2.05, 4.69) is 10.6 Å². The van der Waals surface area contributed by atoms with Gasteiger partial charge in [0.05, 0.1) is 0 Å². The zero-order valence-corrected chi connectivity index (χ0v) is 18.2. The molecule has 4 rings (SSSR count). The molecule has 1 saturated heterocycles. The normalized spacial score (nSPS) is 15.8. The molecule has 0 spiro atoms. The molecule has 4 N–H and O–H groups in total. The summed E-state index contributed by atoms with van der Waals surface area (Å²) in [5.41, 5.74) is 8.50. The standard InChI is InChI=1S/C25H27N3O2.ClH/c26-24(29)18-12-10-17(11-13-18)20-6-3-8-22-21(20)7-4-9-23(22)25(30)28-16-14-19-5-1-2-15-27-19;/h3-4,6-13,19,27H,1-2,5,14-16H2,(H2,26,29)(H,28,30);1H. The number of hydrogen-bond donors (Lipinski definition) is 3. The second-order valence-electron chi connectivity index (χ2n) is 7.84. The minimum atomic E-state index is -0.443. The molecule has 162 valence electrons. The van der Waals surface area contributed by atoms with Crippen molar-refractivity contribution in [1.82, 2.24) is 10.6 Å². The third-order valence-corrected chi connectivity index (χ3v) is 5.84. The summed E-state index contributed by atoms with van der Waals surface area (Å²) in [6.07, 6.45) is 4.64. The quantitative estimate of drug-likeness (QED) is 0.537. The fourth-order valence-electron chi connectivity index (χ4n) is 4.20. The topological polar surface area (TPSA) is 84.2 Å². The lowest BCUT2D eigenvalue weighted by Gasteiger charge is -2.23. The number of benzene rings is 3. The van der Waals surface area contributed by atoms with Gasteiger partial charge in [-0.1, -0.05) is 48.9 Å². The highest BCUT2D eigenvalue weighted by molar-refractivity contribution is 6.10. The molecule has 1 atom stereocenters. The highest BCUT2D eigenvalue weighted by Crippen LogP contribution is 2.30. The third-order valence-electron chi connectivity index (χ3n) is 5.84. The Kier molecular flexibility index (Phi) is 7.66. The van der Waals surface area contributed by atoms with E-state index in [0.29, 0.717) is 23.7 Å². The van der Waals surface area contributed by atoms with Crippen molar-refractivity contribution in [2.45, 2.75) is 31.7 Å². The van der Waals surface area contributed by atoms with E-state index in [-0.39, 0.29) is 18.3 Å². The van der Waals surface area contributed by atoms with Gasteiger partial charge in [-0.3, -0.25) is 9.59 Å². The molecule has 31 heavy (non-hydrogen) atoms. The predicted octanol–water partition coefficient (Wildman–Crippen LogP) is 4.29. The van der Waals surface area contributed by atoms with Crippen LogP contribution in [0.3, 0.4) is 0 Å². The van der Waals surface area contributed by atoms with Crippen LogP contribution < -0.4 is 16.4 Å². The number of halogens is 1. The van der Waals surface area contributed by atoms with Crippen LogP contribution in [0.4, 0.5) is 0 Å². The van der Waals surface area contributed by atoms with Gasteiger partial charge >= 0.3 is 0 Å². The molecule has 0 saturated carbocycles. The van der Waals surface area contributed by atoms with Gasteiger partial charge < -0.3 is 16.4 Å². The summed E-state index contributed by atoms with van der Waals surface area (Å²) in [6.45, 7) is 1.74. The van der Waals surface area contributed by atoms with E-state index in [0.717, 1.165) is 34.9 Å². The first-order valence-electron chi connectivity index (χ1n) is 10.6. The predicted molar refractivity (Wildman–Crippen MR) is 128 cm³/mol. The van der Waals surface area contributed by atoms with Crippen LogP contribution >= 0.6 is 12.4 Å². The fraction of sp³-hybridized carbons (Fsp3) is 0.280. The highest BCUT2D eigenvalue weighted by Gasteiger charge is 2.15. The molecule has 0 aromatic heterocycles. The van der Waals surface area contributed by atoms with E-state index < -0.39 is 5.91 Å². The molecule has 2 amide bonds. The number of carbonyl (C=O) groups is 2. The van der Waals surface area contributed by atoms with Crippen molar-refractivity contribution in [1.29, 1.82) is 0 Å². The molecule has 1 heterocycles. The van der Waals surface area contributed by atoms with Crippen molar-refractivity contribution in [3.63, 3.8) is 0 Å². The van der Waals surface area contributed by atoms with Gasteiger partial charge in [-0.2, -0.15) is 0 Å². The first kappa shape index (κ1) is 22.8. The second-order valence-corrected chi connectivity index (χ2v) is 7.84. The minimum Gasteiger partial charge on any atom is -0.366 e. The number of fused-ring (bicyclic) bond motifs is 1. The van der Waals surface area contributed by atoms with E-state index in [4.69, 9.17) is 5.73 Å². The Hall–Kier alpha value is -2.89. The van der Waals surface area contributed by atoms with Crippen LogP contribution in [0, 0.1) is 0 Å². The molecule has 0 aliphatic carbocycles. The Labute approximate surface area is 188 Å². The van der Waals surface area contributed by atoms with Crippen LogP contribution in [0.2, 0.25) is 0 Å². The molecule has 3 aromatic rings. The Morgan fingerprint density at radius 2 is 1.71 bits per heavy atom. The first-order valence-corrected chi connectivity index (χ1v) is 10.6. The summed E-state index contributed by atoms with van der Waals surface area (Å²) in [5.74, 6) is -0.487. The second kappa shape index (κ2) is 10.4. The fourth-order valence-corrected chi connectivity index (χ4v) is 4.20. The number of rotatable bonds is 6. The number of amides is 2. The molecular weight excluding hydrogens is 410 g/mol. The minimum absolute atomic E-state index is 0. The number of carbonyl (C=O) groups excluding carboxylic acids is 2. The van der Waals surface area contributed by atoms with Crippen LogP contribution in [-0.4, -0.2) is 30.9 Å². The van der Waals surface area contributed by atoms with Gasteiger partial charge in [0.1, 0.15) is 0 Å². The maximum atomic E-state index is 12.9. The van der Waals surface area contributed by atoms with E-state index in [9.17, 15) is 9.59 Å². The molecule has 3 aromatic carbocycles. The van der Waals surface area contributed by atoms with Crippen LogP contribution in [0.15, 0.2) is 60.7 Å². The van der Waals surface area contributed by atoms with Gasteiger partial charge in [0.25, 0.3) is 5.91 Å². The first-order chi connectivity index (χ1) is 14.6. The Morgan fingerprint density at radius 3 is 2.42 bits per heavy atom. The maximum Gasteiger partial charge on any atom is 0.251 e. The monoisotopic (exact) mass is 437 g/mol. The summed E-state index contributed by atoms with van der Waals surface area (Å²) in [5, 5.41) is 8.53. The van der Waals surface area contributed by atoms with Crippen LogP contribution in [0.25, 0.3) is 21.9 Å². The lowest BCUT2D eigenvalue weighted by atomic mass is 9.95. The van der Waals surface area contributed by atoms with Crippen LogP contribution in [-0.2, 0) is 0 Å². The van der Waals surface area contributed by atoms with Crippen molar-refractivity contribution < 1.29 is 9.59 Å². The zero-order valence-electron chi connectivity index (χ0n) is 17.4. The molecule has 1 aliphatic rings. The van der Waals surface area contributed by atoms with Crippen LogP contribution in [0.5, 0.6) is 0 Å². The average molecular weight is 438 g/mol. The molecule has 1 unspecified atom stereocenters. The summed E-state index contributed by atoms with van der Waals surface area (Å²) in [6, 6.07) is 19.5. The van der Waals surface area contributed by atoms with Crippen LogP contribution in [0.1, 0.15) is 46.4 Å². The SMILES string of the molecule is Cl.NC(=O)c1ccc(-c2cccc3c(C(=O)NCCC4CCCCN4)cccc23)cc1. The lowest BCUT2D eigenvalue weighted by molar-refractivity contribution is 0.0952. The molecule has 0 radical (unpaired) electrons. The average Bonchev–Trinajstić information content (AvgIpc) is 2.79. The van der Waals surface area contributed by atoms with Gasteiger partial charge in [0, 0.05) is 23.7 Å².